The van der Waals surface area contributed by atoms with Crippen molar-refractivity contribution in [3.05, 3.63) is 47.5 Å². The highest BCUT2D eigenvalue weighted by Crippen LogP contribution is 2.35. The van der Waals surface area contributed by atoms with Crippen LogP contribution in [0.4, 0.5) is 0 Å². The molecule has 26 heavy (non-hydrogen) atoms. The van der Waals surface area contributed by atoms with Crippen molar-refractivity contribution in [2.24, 2.45) is 0 Å². The van der Waals surface area contributed by atoms with Crippen molar-refractivity contribution >= 4 is 0 Å². The van der Waals surface area contributed by atoms with E-state index in [0.29, 0.717) is 29.6 Å². The van der Waals surface area contributed by atoms with Gasteiger partial charge in [-0.2, -0.15) is 0 Å². The fourth-order valence-corrected chi connectivity index (χ4v) is 2.83. The number of hydrogen-bond acceptors (Lipinski definition) is 5. The van der Waals surface area contributed by atoms with Crippen LogP contribution in [0.1, 0.15) is 24.0 Å². The molecule has 2 aromatic carbocycles. The Morgan fingerprint density at radius 2 is 1.38 bits per heavy atom. The zero-order valence-electron chi connectivity index (χ0n) is 16.4. The lowest BCUT2D eigenvalue weighted by molar-refractivity contribution is 0.0651. The number of hydrogen-bond donors (Lipinski definition) is 0. The van der Waals surface area contributed by atoms with Crippen LogP contribution in [-0.2, 0) is 4.74 Å². The van der Waals surface area contributed by atoms with Crippen LogP contribution in [-0.4, -0.2) is 41.2 Å². The standard InChI is InChI=1S/C21H28O5/c1-14-7-9-18(19(11-14)24-5)26-21(13-22-3)15(2)16-8-10-17(23-4)20(12-16)25-6/h7-12,15,21H,13H2,1-6H3. The summed E-state index contributed by atoms with van der Waals surface area (Å²) in [5.74, 6) is 2.88. The molecule has 2 rings (SSSR count). The molecular formula is C21H28O5. The summed E-state index contributed by atoms with van der Waals surface area (Å²) in [4.78, 5) is 0. The number of rotatable bonds is 9. The smallest absolute Gasteiger partial charge is 0.161 e. The van der Waals surface area contributed by atoms with Gasteiger partial charge >= 0.3 is 0 Å². The second-order valence-electron chi connectivity index (χ2n) is 6.17. The van der Waals surface area contributed by atoms with Gasteiger partial charge in [-0.05, 0) is 42.3 Å². The third-order valence-electron chi connectivity index (χ3n) is 4.42. The van der Waals surface area contributed by atoms with E-state index in [9.17, 15) is 0 Å². The summed E-state index contributed by atoms with van der Waals surface area (Å²) < 4.78 is 27.8. The van der Waals surface area contributed by atoms with Crippen LogP contribution in [0, 0.1) is 6.92 Å². The molecule has 0 heterocycles. The summed E-state index contributed by atoms with van der Waals surface area (Å²) in [6, 6.07) is 11.8. The summed E-state index contributed by atoms with van der Waals surface area (Å²) in [7, 11) is 6.57. The molecule has 0 spiro atoms. The first kappa shape index (κ1) is 19.9. The summed E-state index contributed by atoms with van der Waals surface area (Å²) in [5.41, 5.74) is 2.20. The van der Waals surface area contributed by atoms with Gasteiger partial charge in [0.25, 0.3) is 0 Å². The lowest BCUT2D eigenvalue weighted by Crippen LogP contribution is -2.28. The van der Waals surface area contributed by atoms with Gasteiger partial charge in [0.2, 0.25) is 0 Å². The molecule has 0 saturated carbocycles. The highest BCUT2D eigenvalue weighted by atomic mass is 16.5. The molecule has 5 nitrogen and oxygen atoms in total. The van der Waals surface area contributed by atoms with Crippen molar-refractivity contribution in [2.45, 2.75) is 25.9 Å². The largest absolute Gasteiger partial charge is 0.493 e. The molecule has 0 aliphatic rings. The SMILES string of the molecule is COCC(Oc1ccc(C)cc1OC)C(C)c1ccc(OC)c(OC)c1. The van der Waals surface area contributed by atoms with Crippen molar-refractivity contribution in [3.63, 3.8) is 0 Å². The van der Waals surface area contributed by atoms with Gasteiger partial charge in [-0.1, -0.05) is 19.1 Å². The van der Waals surface area contributed by atoms with Crippen LogP contribution in [0.3, 0.4) is 0 Å². The van der Waals surface area contributed by atoms with E-state index in [4.69, 9.17) is 23.7 Å². The molecule has 2 aromatic rings. The molecule has 2 unspecified atom stereocenters. The minimum absolute atomic E-state index is 0.0702. The van der Waals surface area contributed by atoms with Crippen molar-refractivity contribution in [2.75, 3.05) is 35.0 Å². The number of aryl methyl sites for hydroxylation is 1. The van der Waals surface area contributed by atoms with Gasteiger partial charge in [0.05, 0.1) is 27.9 Å². The zero-order valence-corrected chi connectivity index (χ0v) is 16.4. The van der Waals surface area contributed by atoms with Crippen molar-refractivity contribution in [1.29, 1.82) is 0 Å². The number of benzene rings is 2. The Bertz CT molecular complexity index is 714. The monoisotopic (exact) mass is 360 g/mol. The zero-order chi connectivity index (χ0) is 19.1. The summed E-state index contributed by atoms with van der Waals surface area (Å²) in [6.45, 7) is 4.57. The third-order valence-corrected chi connectivity index (χ3v) is 4.42. The second kappa shape index (κ2) is 9.34. The van der Waals surface area contributed by atoms with Crippen LogP contribution in [0.5, 0.6) is 23.0 Å². The van der Waals surface area contributed by atoms with Gasteiger partial charge in [0.15, 0.2) is 23.0 Å². The Morgan fingerprint density at radius 1 is 0.769 bits per heavy atom. The van der Waals surface area contributed by atoms with Gasteiger partial charge in [0.1, 0.15) is 6.10 Å². The fraction of sp³-hybridized carbons (Fsp3) is 0.429. The number of methoxy groups -OCH3 is 4. The van der Waals surface area contributed by atoms with Gasteiger partial charge in [-0.3, -0.25) is 0 Å². The van der Waals surface area contributed by atoms with Crippen molar-refractivity contribution < 1.29 is 23.7 Å². The molecule has 0 aromatic heterocycles. The first-order valence-electron chi connectivity index (χ1n) is 8.56. The lowest BCUT2D eigenvalue weighted by Gasteiger charge is -2.26. The fourth-order valence-electron chi connectivity index (χ4n) is 2.83. The van der Waals surface area contributed by atoms with Crippen molar-refractivity contribution in [1.82, 2.24) is 0 Å². The Hall–Kier alpha value is -2.40. The van der Waals surface area contributed by atoms with E-state index in [1.54, 1.807) is 28.4 Å². The molecule has 0 fully saturated rings. The van der Waals surface area contributed by atoms with Crippen LogP contribution < -0.4 is 18.9 Å². The first-order chi connectivity index (χ1) is 12.5. The maximum absolute atomic E-state index is 6.26. The Morgan fingerprint density at radius 3 is 2.00 bits per heavy atom. The highest BCUT2D eigenvalue weighted by molar-refractivity contribution is 5.45. The van der Waals surface area contributed by atoms with E-state index in [0.717, 1.165) is 11.1 Å². The molecule has 5 heteroatoms. The molecule has 0 aliphatic carbocycles. The molecule has 0 aliphatic heterocycles. The van der Waals surface area contributed by atoms with E-state index in [1.165, 1.54) is 0 Å². The molecule has 0 amide bonds. The van der Waals surface area contributed by atoms with Crippen LogP contribution in [0.2, 0.25) is 0 Å². The Labute approximate surface area is 155 Å². The van der Waals surface area contributed by atoms with Gasteiger partial charge in [0, 0.05) is 13.0 Å². The minimum atomic E-state index is -0.185. The molecule has 142 valence electrons. The van der Waals surface area contributed by atoms with Crippen LogP contribution in [0.25, 0.3) is 0 Å². The maximum Gasteiger partial charge on any atom is 0.161 e. The van der Waals surface area contributed by atoms with E-state index < -0.39 is 0 Å². The maximum atomic E-state index is 6.26. The molecule has 0 radical (unpaired) electrons. The quantitative estimate of drug-likeness (QED) is 0.670. The molecular weight excluding hydrogens is 332 g/mol. The van der Waals surface area contributed by atoms with E-state index in [1.807, 2.05) is 43.3 Å². The first-order valence-corrected chi connectivity index (χ1v) is 8.56. The Balaban J connectivity index is 2.29. The molecule has 0 saturated heterocycles. The highest BCUT2D eigenvalue weighted by Gasteiger charge is 2.23. The van der Waals surface area contributed by atoms with Gasteiger partial charge in [-0.15, -0.1) is 0 Å². The van der Waals surface area contributed by atoms with Gasteiger partial charge in [-0.25, -0.2) is 0 Å². The van der Waals surface area contributed by atoms with Crippen LogP contribution >= 0.6 is 0 Å². The lowest BCUT2D eigenvalue weighted by atomic mass is 9.95. The summed E-state index contributed by atoms with van der Waals surface area (Å²) in [5, 5.41) is 0. The van der Waals surface area contributed by atoms with E-state index >= 15 is 0 Å². The second-order valence-corrected chi connectivity index (χ2v) is 6.17. The van der Waals surface area contributed by atoms with Crippen LogP contribution in [0.15, 0.2) is 36.4 Å². The average Bonchev–Trinajstić information content (AvgIpc) is 2.67. The van der Waals surface area contributed by atoms with E-state index in [2.05, 4.69) is 6.92 Å². The topological polar surface area (TPSA) is 46.2 Å². The predicted octanol–water partition coefficient (Wildman–Crippen LogP) is 4.22. The summed E-state index contributed by atoms with van der Waals surface area (Å²) >= 11 is 0. The third kappa shape index (κ3) is 4.61. The molecule has 0 N–H and O–H groups in total. The minimum Gasteiger partial charge on any atom is -0.493 e. The molecule has 2 atom stereocenters. The summed E-state index contributed by atoms with van der Waals surface area (Å²) in [6.07, 6.45) is -0.185. The Kier molecular flexibility index (Phi) is 7.16. The number of ether oxygens (including phenoxy) is 5. The van der Waals surface area contributed by atoms with E-state index in [-0.39, 0.29) is 12.0 Å². The van der Waals surface area contributed by atoms with Crippen molar-refractivity contribution in [3.8, 4) is 23.0 Å². The average molecular weight is 360 g/mol. The normalized spacial score (nSPS) is 13.0. The molecule has 0 bridgehead atoms. The van der Waals surface area contributed by atoms with Gasteiger partial charge < -0.3 is 23.7 Å². The predicted molar refractivity (Wildman–Crippen MR) is 102 cm³/mol.